The third-order valence-corrected chi connectivity index (χ3v) is 3.72. The van der Waals surface area contributed by atoms with Gasteiger partial charge in [-0.3, -0.25) is 4.79 Å². The van der Waals surface area contributed by atoms with E-state index in [4.69, 9.17) is 5.73 Å². The molecule has 0 aliphatic carbocycles. The first-order valence-electron chi connectivity index (χ1n) is 6.94. The predicted molar refractivity (Wildman–Crippen MR) is 78.0 cm³/mol. The van der Waals surface area contributed by atoms with Gasteiger partial charge in [-0.15, -0.1) is 0 Å². The van der Waals surface area contributed by atoms with Gasteiger partial charge in [0.15, 0.2) is 0 Å². The lowest BCUT2D eigenvalue weighted by Gasteiger charge is -2.37. The van der Waals surface area contributed by atoms with E-state index in [9.17, 15) is 4.79 Å². The number of hydrogen-bond donors (Lipinski definition) is 1. The van der Waals surface area contributed by atoms with Crippen LogP contribution in [0.3, 0.4) is 0 Å². The number of hydrogen-bond acceptors (Lipinski definition) is 3. The second-order valence-electron chi connectivity index (χ2n) is 5.42. The van der Waals surface area contributed by atoms with Gasteiger partial charge >= 0.3 is 0 Å². The van der Waals surface area contributed by atoms with Gasteiger partial charge in [0.05, 0.1) is 6.04 Å². The molecular formula is C15H23N3O. The molecule has 0 aromatic heterocycles. The van der Waals surface area contributed by atoms with Crippen LogP contribution in [0.1, 0.15) is 13.8 Å². The summed E-state index contributed by atoms with van der Waals surface area (Å²) in [6.07, 6.45) is 0. The van der Waals surface area contributed by atoms with Crippen LogP contribution in [-0.2, 0) is 4.79 Å². The van der Waals surface area contributed by atoms with Crippen LogP contribution >= 0.6 is 0 Å². The average Bonchev–Trinajstić information content (AvgIpc) is 2.46. The molecule has 1 saturated heterocycles. The molecule has 1 atom stereocenters. The van der Waals surface area contributed by atoms with E-state index < -0.39 is 0 Å². The lowest BCUT2D eigenvalue weighted by molar-refractivity contribution is -0.133. The monoisotopic (exact) mass is 261 g/mol. The van der Waals surface area contributed by atoms with E-state index in [2.05, 4.69) is 17.0 Å². The van der Waals surface area contributed by atoms with E-state index in [-0.39, 0.29) is 17.9 Å². The Hall–Kier alpha value is -1.55. The summed E-state index contributed by atoms with van der Waals surface area (Å²) in [6, 6.07) is 9.95. The highest BCUT2D eigenvalue weighted by Gasteiger charge is 2.26. The molecule has 0 bridgehead atoms. The van der Waals surface area contributed by atoms with E-state index in [1.807, 2.05) is 36.9 Å². The summed E-state index contributed by atoms with van der Waals surface area (Å²) in [6.45, 7) is 7.25. The molecule has 4 heteroatoms. The fraction of sp³-hybridized carbons (Fsp3) is 0.533. The third-order valence-electron chi connectivity index (χ3n) is 3.72. The summed E-state index contributed by atoms with van der Waals surface area (Å²) in [5.41, 5.74) is 7.16. The van der Waals surface area contributed by atoms with Crippen molar-refractivity contribution < 1.29 is 4.79 Å². The van der Waals surface area contributed by atoms with E-state index in [0.29, 0.717) is 0 Å². The van der Waals surface area contributed by atoms with Crippen LogP contribution < -0.4 is 10.6 Å². The number of carbonyl (C=O) groups excluding carboxylic acids is 1. The van der Waals surface area contributed by atoms with Crippen molar-refractivity contribution in [3.8, 4) is 0 Å². The fourth-order valence-corrected chi connectivity index (χ4v) is 2.32. The van der Waals surface area contributed by atoms with Gasteiger partial charge in [-0.05, 0) is 18.1 Å². The Balaban J connectivity index is 1.91. The molecule has 0 spiro atoms. The second-order valence-corrected chi connectivity index (χ2v) is 5.42. The number of piperazine rings is 1. The zero-order valence-corrected chi connectivity index (χ0v) is 11.7. The maximum absolute atomic E-state index is 12.2. The number of para-hydroxylation sites is 1. The molecule has 1 aliphatic rings. The van der Waals surface area contributed by atoms with Crippen molar-refractivity contribution in [2.24, 2.45) is 11.7 Å². The zero-order chi connectivity index (χ0) is 13.8. The lowest BCUT2D eigenvalue weighted by Crippen LogP contribution is -2.54. The maximum atomic E-state index is 12.2. The van der Waals surface area contributed by atoms with Crippen LogP contribution in [0.2, 0.25) is 0 Å². The van der Waals surface area contributed by atoms with E-state index in [1.165, 1.54) is 5.69 Å². The van der Waals surface area contributed by atoms with Crippen LogP contribution in [0.5, 0.6) is 0 Å². The molecule has 1 fully saturated rings. The standard InChI is InChI=1S/C15H23N3O/c1-12(2)14(16)15(19)18-10-8-17(9-11-18)13-6-4-3-5-7-13/h3-7,12,14H,8-11,16H2,1-2H3. The maximum Gasteiger partial charge on any atom is 0.239 e. The first-order valence-corrected chi connectivity index (χ1v) is 6.94. The van der Waals surface area contributed by atoms with Crippen molar-refractivity contribution >= 4 is 11.6 Å². The Morgan fingerprint density at radius 1 is 1.11 bits per heavy atom. The number of benzene rings is 1. The van der Waals surface area contributed by atoms with Gasteiger partial charge < -0.3 is 15.5 Å². The second kappa shape index (κ2) is 6.06. The SMILES string of the molecule is CC(C)C(N)C(=O)N1CCN(c2ccccc2)CC1. The minimum absolute atomic E-state index is 0.0858. The molecule has 1 amide bonds. The van der Waals surface area contributed by atoms with Gasteiger partial charge in [0.25, 0.3) is 0 Å². The Labute approximate surface area is 115 Å². The predicted octanol–water partition coefficient (Wildman–Crippen LogP) is 1.32. The Morgan fingerprint density at radius 3 is 2.21 bits per heavy atom. The molecule has 19 heavy (non-hydrogen) atoms. The molecule has 1 aromatic carbocycles. The van der Waals surface area contributed by atoms with Gasteiger partial charge in [-0.25, -0.2) is 0 Å². The highest BCUT2D eigenvalue weighted by atomic mass is 16.2. The van der Waals surface area contributed by atoms with Gasteiger partial charge in [0.2, 0.25) is 5.91 Å². The van der Waals surface area contributed by atoms with Crippen molar-refractivity contribution in [2.45, 2.75) is 19.9 Å². The largest absolute Gasteiger partial charge is 0.368 e. The van der Waals surface area contributed by atoms with Gasteiger partial charge in [-0.2, -0.15) is 0 Å². The van der Waals surface area contributed by atoms with E-state index in [0.717, 1.165) is 26.2 Å². The van der Waals surface area contributed by atoms with Crippen LogP contribution in [0.4, 0.5) is 5.69 Å². The van der Waals surface area contributed by atoms with Gasteiger partial charge in [-0.1, -0.05) is 32.0 Å². The molecule has 1 unspecified atom stereocenters. The summed E-state index contributed by atoms with van der Waals surface area (Å²) in [5, 5.41) is 0. The van der Waals surface area contributed by atoms with Crippen molar-refractivity contribution in [2.75, 3.05) is 31.1 Å². The molecule has 2 rings (SSSR count). The zero-order valence-electron chi connectivity index (χ0n) is 11.7. The van der Waals surface area contributed by atoms with Crippen LogP contribution in [0.15, 0.2) is 30.3 Å². The van der Waals surface area contributed by atoms with Crippen molar-refractivity contribution in [1.82, 2.24) is 4.90 Å². The minimum Gasteiger partial charge on any atom is -0.368 e. The van der Waals surface area contributed by atoms with Gasteiger partial charge in [0.1, 0.15) is 0 Å². The summed E-state index contributed by atoms with van der Waals surface area (Å²) in [4.78, 5) is 16.4. The molecule has 1 aromatic rings. The number of nitrogens with zero attached hydrogens (tertiary/aromatic N) is 2. The van der Waals surface area contributed by atoms with E-state index >= 15 is 0 Å². The molecule has 1 aliphatic heterocycles. The van der Waals surface area contributed by atoms with Crippen molar-refractivity contribution in [1.29, 1.82) is 0 Å². The highest BCUT2D eigenvalue weighted by Crippen LogP contribution is 2.16. The summed E-state index contributed by atoms with van der Waals surface area (Å²) >= 11 is 0. The lowest BCUT2D eigenvalue weighted by atomic mass is 10.0. The normalized spacial score (nSPS) is 17.7. The smallest absolute Gasteiger partial charge is 0.239 e. The number of anilines is 1. The number of amides is 1. The summed E-state index contributed by atoms with van der Waals surface area (Å²) in [7, 11) is 0. The Morgan fingerprint density at radius 2 is 1.68 bits per heavy atom. The van der Waals surface area contributed by atoms with Crippen LogP contribution in [0.25, 0.3) is 0 Å². The van der Waals surface area contributed by atoms with Crippen molar-refractivity contribution in [3.63, 3.8) is 0 Å². The number of rotatable bonds is 3. The third kappa shape index (κ3) is 3.26. The van der Waals surface area contributed by atoms with E-state index in [1.54, 1.807) is 0 Å². The Kier molecular flexibility index (Phi) is 4.43. The molecular weight excluding hydrogens is 238 g/mol. The number of carbonyl (C=O) groups is 1. The highest BCUT2D eigenvalue weighted by molar-refractivity contribution is 5.82. The fourth-order valence-electron chi connectivity index (χ4n) is 2.32. The molecule has 2 N–H and O–H groups in total. The summed E-state index contributed by atoms with van der Waals surface area (Å²) in [5.74, 6) is 0.280. The van der Waals surface area contributed by atoms with Crippen LogP contribution in [0, 0.1) is 5.92 Å². The molecule has 104 valence electrons. The molecule has 0 radical (unpaired) electrons. The first-order chi connectivity index (χ1) is 9.09. The molecule has 0 saturated carbocycles. The van der Waals surface area contributed by atoms with Crippen LogP contribution in [-0.4, -0.2) is 43.0 Å². The summed E-state index contributed by atoms with van der Waals surface area (Å²) < 4.78 is 0. The van der Waals surface area contributed by atoms with Crippen molar-refractivity contribution in [3.05, 3.63) is 30.3 Å². The average molecular weight is 261 g/mol. The Bertz CT molecular complexity index is 411. The molecule has 1 heterocycles. The molecule has 4 nitrogen and oxygen atoms in total. The van der Waals surface area contributed by atoms with Gasteiger partial charge in [0, 0.05) is 31.9 Å². The minimum atomic E-state index is -0.372. The topological polar surface area (TPSA) is 49.6 Å². The quantitative estimate of drug-likeness (QED) is 0.892. The first kappa shape index (κ1) is 13.9. The number of nitrogens with two attached hydrogens (primary N) is 1.